The highest BCUT2D eigenvalue weighted by molar-refractivity contribution is 14.1. The summed E-state index contributed by atoms with van der Waals surface area (Å²) in [6.45, 7) is 0.190. The Morgan fingerprint density at radius 1 is 1.08 bits per heavy atom. The van der Waals surface area contributed by atoms with Crippen LogP contribution in [0.4, 0.5) is 0 Å². The number of esters is 1. The minimum absolute atomic E-state index is 0.0843. The van der Waals surface area contributed by atoms with Crippen molar-refractivity contribution in [1.82, 2.24) is 10.4 Å². The third-order valence-electron chi connectivity index (χ3n) is 8.39. The lowest BCUT2D eigenvalue weighted by Crippen LogP contribution is -2.69. The van der Waals surface area contributed by atoms with Crippen molar-refractivity contribution in [3.8, 4) is 0 Å². The van der Waals surface area contributed by atoms with Crippen LogP contribution in [0, 0.1) is 8.99 Å². The van der Waals surface area contributed by atoms with Gasteiger partial charge in [0.25, 0.3) is 0 Å². The van der Waals surface area contributed by atoms with E-state index >= 15 is 0 Å². The lowest BCUT2D eigenvalue weighted by atomic mass is 9.62. The topological polar surface area (TPSA) is 107 Å². The number of aliphatic hydroxyl groups excluding tert-OH is 1. The summed E-state index contributed by atoms with van der Waals surface area (Å²) < 4.78 is 20.3. The quantitative estimate of drug-likeness (QED) is 0.384. The number of ether oxygens (including phenoxy) is 3. The van der Waals surface area contributed by atoms with Crippen molar-refractivity contribution in [2.45, 2.75) is 62.1 Å². The van der Waals surface area contributed by atoms with E-state index in [1.54, 1.807) is 5.06 Å². The van der Waals surface area contributed by atoms with Crippen LogP contribution in [0.1, 0.15) is 23.1 Å². The number of carbonyl (C=O) groups is 2. The summed E-state index contributed by atoms with van der Waals surface area (Å²) in [6.07, 6.45) is -1.07. The van der Waals surface area contributed by atoms with Gasteiger partial charge in [0.15, 0.2) is 11.8 Å². The Labute approximate surface area is 227 Å². The fraction of sp³-hybridized carbons (Fsp3) is 0.481. The highest BCUT2D eigenvalue weighted by Crippen LogP contribution is 2.58. The highest BCUT2D eigenvalue weighted by atomic mass is 127. The summed E-state index contributed by atoms with van der Waals surface area (Å²) in [6, 6.07) is 15.1. The van der Waals surface area contributed by atoms with Gasteiger partial charge in [0.05, 0.1) is 13.2 Å². The second kappa shape index (κ2) is 8.72. The molecule has 1 saturated carbocycles. The standard InChI is InChI=1S/C27H27IN2O7/c28-18-8-4-3-7-17(18)14-30-22-24(32)34-19-13-27(22,25(33)29-9-10-31)23(37-30)21-20(19)35-26(36-21)11-15-5-1-2-6-16(15)12-26/h1-8,19-23,31H,9-14H2,(H,29,33). The normalized spacial score (nSPS) is 34.8. The van der Waals surface area contributed by atoms with Gasteiger partial charge in [-0.1, -0.05) is 42.5 Å². The maximum atomic E-state index is 13.8. The van der Waals surface area contributed by atoms with E-state index in [4.69, 9.17) is 19.0 Å². The number of hydrogen-bond donors (Lipinski definition) is 2. The van der Waals surface area contributed by atoms with Crippen LogP contribution in [-0.2, 0) is 48.0 Å². The van der Waals surface area contributed by atoms with E-state index in [1.807, 2.05) is 36.4 Å². The molecule has 6 atom stereocenters. The van der Waals surface area contributed by atoms with Gasteiger partial charge in [0, 0.05) is 29.4 Å². The molecular formula is C27H27IN2O7. The van der Waals surface area contributed by atoms with Crippen molar-refractivity contribution < 1.29 is 33.7 Å². The molecular weight excluding hydrogens is 591 g/mol. The average Bonchev–Trinajstić information content (AvgIpc) is 3.55. The number of hydrogen-bond acceptors (Lipinski definition) is 8. The molecule has 3 heterocycles. The molecule has 10 heteroatoms. The van der Waals surface area contributed by atoms with E-state index in [9.17, 15) is 14.7 Å². The van der Waals surface area contributed by atoms with Gasteiger partial charge in [0.2, 0.25) is 5.91 Å². The number of rotatable bonds is 5. The Morgan fingerprint density at radius 3 is 2.51 bits per heavy atom. The zero-order valence-corrected chi connectivity index (χ0v) is 22.1. The van der Waals surface area contributed by atoms with E-state index in [0.717, 1.165) is 9.13 Å². The van der Waals surface area contributed by atoms with Crippen molar-refractivity contribution in [1.29, 1.82) is 0 Å². The summed E-state index contributed by atoms with van der Waals surface area (Å²) in [5.74, 6) is -1.71. The molecule has 7 rings (SSSR count). The molecule has 4 fully saturated rings. The molecule has 2 aromatic carbocycles. The third-order valence-corrected chi connectivity index (χ3v) is 9.45. The number of nitrogens with zero attached hydrogens (tertiary/aromatic N) is 1. The first kappa shape index (κ1) is 24.0. The molecule has 2 N–H and O–H groups in total. The van der Waals surface area contributed by atoms with Crippen molar-refractivity contribution in [2.75, 3.05) is 13.2 Å². The number of hydroxylamine groups is 2. The Hall–Kier alpha value is -2.09. The molecule has 0 radical (unpaired) electrons. The Balaban J connectivity index is 1.27. The van der Waals surface area contributed by atoms with Gasteiger partial charge in [-0.05, 0) is 45.3 Å². The maximum absolute atomic E-state index is 13.8. The zero-order chi connectivity index (χ0) is 25.4. The molecule has 37 heavy (non-hydrogen) atoms. The summed E-state index contributed by atoms with van der Waals surface area (Å²) in [4.78, 5) is 33.9. The second-order valence-corrected chi connectivity index (χ2v) is 11.7. The van der Waals surface area contributed by atoms with Gasteiger partial charge >= 0.3 is 5.97 Å². The molecule has 9 nitrogen and oxygen atoms in total. The van der Waals surface area contributed by atoms with Gasteiger partial charge in [0.1, 0.15) is 29.8 Å². The third kappa shape index (κ3) is 3.53. The van der Waals surface area contributed by atoms with E-state index in [0.29, 0.717) is 19.4 Å². The zero-order valence-electron chi connectivity index (χ0n) is 20.0. The van der Waals surface area contributed by atoms with E-state index < -0.39 is 47.6 Å². The van der Waals surface area contributed by atoms with Crippen LogP contribution in [0.3, 0.4) is 0 Å². The summed E-state index contributed by atoms with van der Waals surface area (Å²) in [5.41, 5.74) is 2.09. The van der Waals surface area contributed by atoms with Gasteiger partial charge in [-0.3, -0.25) is 14.4 Å². The van der Waals surface area contributed by atoms with Crippen LogP contribution in [0.25, 0.3) is 0 Å². The highest BCUT2D eigenvalue weighted by Gasteiger charge is 2.76. The van der Waals surface area contributed by atoms with Crippen LogP contribution < -0.4 is 5.32 Å². The lowest BCUT2D eigenvalue weighted by molar-refractivity contribution is -0.217. The predicted molar refractivity (Wildman–Crippen MR) is 137 cm³/mol. The number of amides is 1. The number of halogens is 1. The van der Waals surface area contributed by atoms with E-state index in [2.05, 4.69) is 40.0 Å². The van der Waals surface area contributed by atoms with Gasteiger partial charge in [-0.2, -0.15) is 5.06 Å². The molecule has 0 aromatic heterocycles. The van der Waals surface area contributed by atoms with Crippen LogP contribution in [0.5, 0.6) is 0 Å². The number of fused-ring (bicyclic) bond motifs is 5. The van der Waals surface area contributed by atoms with E-state index in [1.165, 1.54) is 11.1 Å². The molecule has 3 saturated heterocycles. The summed E-state index contributed by atoms with van der Waals surface area (Å²) in [5, 5.41) is 13.8. The van der Waals surface area contributed by atoms with Crippen LogP contribution in [0.15, 0.2) is 48.5 Å². The minimum atomic E-state index is -1.23. The molecule has 6 unspecified atom stereocenters. The summed E-state index contributed by atoms with van der Waals surface area (Å²) >= 11 is 2.25. The Morgan fingerprint density at radius 2 is 1.78 bits per heavy atom. The number of benzene rings is 2. The average molecular weight is 618 g/mol. The maximum Gasteiger partial charge on any atom is 0.327 e. The van der Waals surface area contributed by atoms with Crippen LogP contribution in [-0.4, -0.2) is 71.4 Å². The fourth-order valence-electron chi connectivity index (χ4n) is 6.89. The van der Waals surface area contributed by atoms with Gasteiger partial charge in [-0.15, -0.1) is 0 Å². The molecule has 5 aliphatic rings. The summed E-state index contributed by atoms with van der Waals surface area (Å²) in [7, 11) is 0. The largest absolute Gasteiger partial charge is 0.458 e. The monoisotopic (exact) mass is 618 g/mol. The molecule has 1 spiro atoms. The molecule has 194 valence electrons. The van der Waals surface area contributed by atoms with E-state index in [-0.39, 0.29) is 25.5 Å². The first-order valence-corrected chi connectivity index (χ1v) is 13.7. The minimum Gasteiger partial charge on any atom is -0.458 e. The first-order valence-electron chi connectivity index (χ1n) is 12.6. The Kier molecular flexibility index (Phi) is 5.65. The first-order chi connectivity index (χ1) is 17.9. The molecule has 1 amide bonds. The number of carbonyl (C=O) groups excluding carboxylic acids is 2. The molecule has 2 bridgehead atoms. The van der Waals surface area contributed by atoms with Crippen molar-refractivity contribution in [3.05, 3.63) is 68.8 Å². The fourth-order valence-corrected chi connectivity index (χ4v) is 7.45. The number of aliphatic hydroxyl groups is 1. The lowest BCUT2D eigenvalue weighted by Gasteiger charge is -2.48. The SMILES string of the molecule is O=C1OC2CC3(C(=O)NCCO)C(ON(Cc4ccccc4I)C13)C1OC3(Cc4ccccc4C3)OC21. The molecule has 2 aromatic rings. The van der Waals surface area contributed by atoms with Crippen LogP contribution >= 0.6 is 22.6 Å². The van der Waals surface area contributed by atoms with Crippen LogP contribution in [0.2, 0.25) is 0 Å². The predicted octanol–water partition coefficient (Wildman–Crippen LogP) is 1.48. The molecule has 2 aliphatic carbocycles. The van der Waals surface area contributed by atoms with Gasteiger partial charge in [-0.25, -0.2) is 0 Å². The number of nitrogens with one attached hydrogen (secondary N) is 1. The van der Waals surface area contributed by atoms with Crippen molar-refractivity contribution in [3.63, 3.8) is 0 Å². The smallest absolute Gasteiger partial charge is 0.327 e. The Bertz CT molecular complexity index is 1250. The van der Waals surface area contributed by atoms with Crippen molar-refractivity contribution >= 4 is 34.5 Å². The second-order valence-electron chi connectivity index (χ2n) is 10.5. The van der Waals surface area contributed by atoms with Gasteiger partial charge < -0.3 is 24.6 Å². The molecule has 3 aliphatic heterocycles. The van der Waals surface area contributed by atoms with Crippen molar-refractivity contribution in [2.24, 2.45) is 5.41 Å².